The first-order valence-corrected chi connectivity index (χ1v) is 9.31. The highest BCUT2D eigenvalue weighted by molar-refractivity contribution is 9.10. The lowest BCUT2D eigenvalue weighted by Gasteiger charge is -2.08. The van der Waals surface area contributed by atoms with Crippen LogP contribution in [0.3, 0.4) is 0 Å². The number of aromatic nitrogens is 2. The molecule has 0 unspecified atom stereocenters. The van der Waals surface area contributed by atoms with Gasteiger partial charge >= 0.3 is 0 Å². The largest absolute Gasteiger partial charge is 0.454 e. The minimum atomic E-state index is -3.02. The van der Waals surface area contributed by atoms with Gasteiger partial charge in [0.05, 0.1) is 28.7 Å². The molecular weight excluding hydrogens is 374 g/mol. The molecule has 1 atom stereocenters. The van der Waals surface area contributed by atoms with E-state index in [9.17, 15) is 13.2 Å². The lowest BCUT2D eigenvalue weighted by atomic mass is 10.2. The fourth-order valence-electron chi connectivity index (χ4n) is 2.33. The average molecular weight is 388 g/mol. The quantitative estimate of drug-likeness (QED) is 0.850. The molecule has 0 spiro atoms. The first-order chi connectivity index (χ1) is 10.4. The Bertz CT molecular complexity index is 796. The summed E-state index contributed by atoms with van der Waals surface area (Å²) in [4.78, 5) is 12.1. The highest BCUT2D eigenvalue weighted by Gasteiger charge is 2.29. The highest BCUT2D eigenvalue weighted by Crippen LogP contribution is 2.15. The topological polar surface area (TPSA) is 94.2 Å². The SMILES string of the molecule is O=C(N[C@@H]1CCS(=O)(=O)C1)c1ccc(Cn2cc(Br)cn2)o1. The van der Waals surface area contributed by atoms with E-state index in [0.29, 0.717) is 18.7 Å². The summed E-state index contributed by atoms with van der Waals surface area (Å²) >= 11 is 3.30. The van der Waals surface area contributed by atoms with Crippen LogP contribution in [0.1, 0.15) is 22.7 Å². The predicted octanol–water partition coefficient (Wildman–Crippen LogP) is 1.20. The van der Waals surface area contributed by atoms with Crippen molar-refractivity contribution in [3.8, 4) is 0 Å². The molecule has 118 valence electrons. The molecule has 0 radical (unpaired) electrons. The number of nitrogens with one attached hydrogen (secondary N) is 1. The Labute approximate surface area is 135 Å². The Morgan fingerprint density at radius 1 is 1.50 bits per heavy atom. The fourth-order valence-corrected chi connectivity index (χ4v) is 4.34. The highest BCUT2D eigenvalue weighted by atomic mass is 79.9. The number of rotatable bonds is 4. The van der Waals surface area contributed by atoms with Crippen LogP contribution in [0.5, 0.6) is 0 Å². The summed E-state index contributed by atoms with van der Waals surface area (Å²) in [6, 6.07) is 2.94. The van der Waals surface area contributed by atoms with Crippen molar-refractivity contribution in [1.29, 1.82) is 0 Å². The molecule has 0 saturated carbocycles. The molecule has 0 bridgehead atoms. The molecule has 1 fully saturated rings. The minimum absolute atomic E-state index is 0.00633. The van der Waals surface area contributed by atoms with Crippen molar-refractivity contribution in [3.05, 3.63) is 40.5 Å². The van der Waals surface area contributed by atoms with E-state index in [1.165, 1.54) is 0 Å². The van der Waals surface area contributed by atoms with Gasteiger partial charge in [-0.1, -0.05) is 0 Å². The lowest BCUT2D eigenvalue weighted by Crippen LogP contribution is -2.35. The first kappa shape index (κ1) is 15.3. The van der Waals surface area contributed by atoms with Gasteiger partial charge in [-0.25, -0.2) is 8.42 Å². The molecule has 9 heteroatoms. The van der Waals surface area contributed by atoms with Gasteiger partial charge < -0.3 is 9.73 Å². The van der Waals surface area contributed by atoms with E-state index in [1.807, 2.05) is 0 Å². The van der Waals surface area contributed by atoms with Crippen LogP contribution < -0.4 is 5.32 Å². The number of furan rings is 1. The normalized spacial score (nSPS) is 20.1. The third-order valence-electron chi connectivity index (χ3n) is 3.37. The monoisotopic (exact) mass is 387 g/mol. The molecule has 2 aromatic rings. The third kappa shape index (κ3) is 3.58. The second-order valence-electron chi connectivity index (χ2n) is 5.20. The van der Waals surface area contributed by atoms with Crippen molar-refractivity contribution < 1.29 is 17.6 Å². The molecule has 0 aromatic carbocycles. The van der Waals surface area contributed by atoms with Crippen molar-refractivity contribution in [2.24, 2.45) is 0 Å². The van der Waals surface area contributed by atoms with Gasteiger partial charge in [-0.3, -0.25) is 9.48 Å². The summed E-state index contributed by atoms with van der Waals surface area (Å²) < 4.78 is 30.8. The molecule has 3 rings (SSSR count). The van der Waals surface area contributed by atoms with Crippen molar-refractivity contribution in [1.82, 2.24) is 15.1 Å². The summed E-state index contributed by atoms with van der Waals surface area (Å²) in [5.74, 6) is 0.490. The van der Waals surface area contributed by atoms with E-state index in [-0.39, 0.29) is 23.3 Å². The maximum Gasteiger partial charge on any atom is 0.287 e. The summed E-state index contributed by atoms with van der Waals surface area (Å²) in [6.07, 6.45) is 3.91. The van der Waals surface area contributed by atoms with E-state index in [0.717, 1.165) is 4.47 Å². The van der Waals surface area contributed by atoms with Gasteiger partial charge in [-0.15, -0.1) is 0 Å². The molecule has 2 aromatic heterocycles. The fraction of sp³-hybridized carbons (Fsp3) is 0.385. The number of carbonyl (C=O) groups is 1. The van der Waals surface area contributed by atoms with Gasteiger partial charge in [0.2, 0.25) is 0 Å². The van der Waals surface area contributed by atoms with Crippen LogP contribution >= 0.6 is 15.9 Å². The van der Waals surface area contributed by atoms with E-state index >= 15 is 0 Å². The van der Waals surface area contributed by atoms with Crippen LogP contribution in [0, 0.1) is 0 Å². The standard InChI is InChI=1S/C13H14BrN3O4S/c14-9-5-15-17(6-9)7-11-1-2-12(21-11)13(18)16-10-3-4-22(19,20)8-10/h1-2,5-6,10H,3-4,7-8H2,(H,16,18)/t10-/m1/s1. The number of carbonyl (C=O) groups excluding carboxylic acids is 1. The number of halogens is 1. The number of hydrogen-bond acceptors (Lipinski definition) is 5. The van der Waals surface area contributed by atoms with Crippen LogP contribution in [0.2, 0.25) is 0 Å². The maximum atomic E-state index is 12.1. The molecule has 0 aliphatic carbocycles. The number of nitrogens with zero attached hydrogens (tertiary/aromatic N) is 2. The molecule has 1 N–H and O–H groups in total. The van der Waals surface area contributed by atoms with Crippen molar-refractivity contribution in [3.63, 3.8) is 0 Å². The molecule has 7 nitrogen and oxygen atoms in total. The van der Waals surface area contributed by atoms with E-state index in [4.69, 9.17) is 4.42 Å². The van der Waals surface area contributed by atoms with Crippen LogP contribution in [-0.4, -0.2) is 41.7 Å². The van der Waals surface area contributed by atoms with Gasteiger partial charge in [0.15, 0.2) is 15.6 Å². The van der Waals surface area contributed by atoms with Crippen molar-refractivity contribution >= 4 is 31.7 Å². The van der Waals surface area contributed by atoms with E-state index < -0.39 is 15.7 Å². The van der Waals surface area contributed by atoms with Gasteiger partial charge in [-0.05, 0) is 34.5 Å². The number of hydrogen-bond donors (Lipinski definition) is 1. The molecule has 1 saturated heterocycles. The smallest absolute Gasteiger partial charge is 0.287 e. The zero-order chi connectivity index (χ0) is 15.7. The molecule has 1 aliphatic rings. The van der Waals surface area contributed by atoms with Crippen molar-refractivity contribution in [2.75, 3.05) is 11.5 Å². The Morgan fingerprint density at radius 2 is 2.32 bits per heavy atom. The average Bonchev–Trinajstić information content (AvgIpc) is 3.12. The van der Waals surface area contributed by atoms with Gasteiger partial charge in [0.25, 0.3) is 5.91 Å². The number of amides is 1. The Kier molecular flexibility index (Phi) is 4.09. The van der Waals surface area contributed by atoms with Gasteiger partial charge in [-0.2, -0.15) is 5.10 Å². The second-order valence-corrected chi connectivity index (χ2v) is 8.34. The summed E-state index contributed by atoms with van der Waals surface area (Å²) in [5.41, 5.74) is 0. The Morgan fingerprint density at radius 3 is 2.95 bits per heavy atom. The maximum absolute atomic E-state index is 12.1. The van der Waals surface area contributed by atoms with Crippen molar-refractivity contribution in [2.45, 2.75) is 19.0 Å². The zero-order valence-corrected chi connectivity index (χ0v) is 13.9. The van der Waals surface area contributed by atoms with Gasteiger partial charge in [0.1, 0.15) is 5.76 Å². The first-order valence-electron chi connectivity index (χ1n) is 6.69. The molecule has 22 heavy (non-hydrogen) atoms. The van der Waals surface area contributed by atoms with Crippen LogP contribution in [-0.2, 0) is 16.4 Å². The van der Waals surface area contributed by atoms with E-state index in [2.05, 4.69) is 26.3 Å². The summed E-state index contributed by atoms with van der Waals surface area (Å²) in [5, 5.41) is 6.80. The molecular formula is C13H14BrN3O4S. The lowest BCUT2D eigenvalue weighted by molar-refractivity contribution is 0.0911. The third-order valence-corrected chi connectivity index (χ3v) is 5.55. The minimum Gasteiger partial charge on any atom is -0.454 e. The predicted molar refractivity (Wildman–Crippen MR) is 82.3 cm³/mol. The molecule has 3 heterocycles. The number of sulfone groups is 1. The Hall–Kier alpha value is -1.61. The van der Waals surface area contributed by atoms with E-state index in [1.54, 1.807) is 29.2 Å². The second kappa shape index (κ2) is 5.88. The van der Waals surface area contributed by atoms with Gasteiger partial charge in [0, 0.05) is 12.2 Å². The van der Waals surface area contributed by atoms with Crippen LogP contribution in [0.25, 0.3) is 0 Å². The summed E-state index contributed by atoms with van der Waals surface area (Å²) in [7, 11) is -3.02. The Balaban J connectivity index is 1.62. The molecule has 1 aliphatic heterocycles. The zero-order valence-electron chi connectivity index (χ0n) is 11.5. The summed E-state index contributed by atoms with van der Waals surface area (Å²) in [6.45, 7) is 0.413. The van der Waals surface area contributed by atoms with Crippen LogP contribution in [0.4, 0.5) is 0 Å². The molecule has 1 amide bonds. The van der Waals surface area contributed by atoms with Crippen LogP contribution in [0.15, 0.2) is 33.4 Å².